The van der Waals surface area contributed by atoms with Crippen LogP contribution in [0.3, 0.4) is 0 Å². The topological polar surface area (TPSA) is 35.8 Å². The van der Waals surface area contributed by atoms with Crippen LogP contribution in [0.4, 0.5) is 5.69 Å². The third-order valence-electron chi connectivity index (χ3n) is 3.41. The molecule has 3 heteroatoms. The van der Waals surface area contributed by atoms with Crippen LogP contribution >= 0.6 is 11.6 Å². The zero-order valence-corrected chi connectivity index (χ0v) is 12.2. The number of halogens is 1. The predicted octanol–water partition coefficient (Wildman–Crippen LogP) is 4.67. The standard InChI is InChI=1S/C17H17ClN2/c1-2-17(13-19,12-14-8-4-3-5-9-14)20-16-11-7-6-10-15(16)18/h3-11,20H,2,12H2,1H3. The second kappa shape index (κ2) is 6.45. The summed E-state index contributed by atoms with van der Waals surface area (Å²) >= 11 is 6.18. The lowest BCUT2D eigenvalue weighted by Crippen LogP contribution is -2.38. The minimum Gasteiger partial charge on any atom is -0.366 e. The highest BCUT2D eigenvalue weighted by Crippen LogP contribution is 2.28. The van der Waals surface area contributed by atoms with Crippen molar-refractivity contribution in [1.82, 2.24) is 0 Å². The molecule has 0 aliphatic rings. The van der Waals surface area contributed by atoms with E-state index < -0.39 is 5.54 Å². The fraction of sp³-hybridized carbons (Fsp3) is 0.235. The molecule has 0 spiro atoms. The number of benzene rings is 2. The van der Waals surface area contributed by atoms with Crippen LogP contribution in [0.15, 0.2) is 54.6 Å². The Bertz CT molecular complexity index is 604. The van der Waals surface area contributed by atoms with Crippen LogP contribution in [-0.2, 0) is 6.42 Å². The highest BCUT2D eigenvalue weighted by molar-refractivity contribution is 6.33. The van der Waals surface area contributed by atoms with Crippen molar-refractivity contribution in [1.29, 1.82) is 5.26 Å². The molecule has 1 N–H and O–H groups in total. The molecule has 20 heavy (non-hydrogen) atoms. The van der Waals surface area contributed by atoms with E-state index in [1.54, 1.807) is 0 Å². The minimum atomic E-state index is -0.646. The van der Waals surface area contributed by atoms with Crippen molar-refractivity contribution in [3.63, 3.8) is 0 Å². The Kier molecular flexibility index (Phi) is 4.65. The molecule has 1 unspecified atom stereocenters. The van der Waals surface area contributed by atoms with Gasteiger partial charge in [-0.1, -0.05) is 61.0 Å². The molecule has 1 atom stereocenters. The van der Waals surface area contributed by atoms with Crippen molar-refractivity contribution in [3.8, 4) is 6.07 Å². The van der Waals surface area contributed by atoms with E-state index >= 15 is 0 Å². The molecule has 0 bridgehead atoms. The molecule has 2 aromatic rings. The summed E-state index contributed by atoms with van der Waals surface area (Å²) in [4.78, 5) is 0. The number of rotatable bonds is 5. The maximum atomic E-state index is 9.63. The summed E-state index contributed by atoms with van der Waals surface area (Å²) in [7, 11) is 0. The van der Waals surface area contributed by atoms with Gasteiger partial charge in [-0.05, 0) is 24.1 Å². The van der Waals surface area contributed by atoms with E-state index in [2.05, 4.69) is 11.4 Å². The van der Waals surface area contributed by atoms with Crippen molar-refractivity contribution >= 4 is 17.3 Å². The first-order chi connectivity index (χ1) is 9.69. The summed E-state index contributed by atoms with van der Waals surface area (Å²) < 4.78 is 0. The number of nitrogens with one attached hydrogen (secondary N) is 1. The van der Waals surface area contributed by atoms with E-state index in [1.165, 1.54) is 0 Å². The lowest BCUT2D eigenvalue weighted by molar-refractivity contribution is 0.564. The first kappa shape index (κ1) is 14.4. The Hall–Kier alpha value is -1.98. The molecule has 0 aliphatic heterocycles. The first-order valence-corrected chi connectivity index (χ1v) is 7.05. The number of para-hydroxylation sites is 1. The van der Waals surface area contributed by atoms with Crippen LogP contribution in [0.5, 0.6) is 0 Å². The summed E-state index contributed by atoms with van der Waals surface area (Å²) in [5, 5.41) is 13.6. The summed E-state index contributed by atoms with van der Waals surface area (Å²) in [6.07, 6.45) is 1.34. The van der Waals surface area contributed by atoms with Crippen LogP contribution in [0.2, 0.25) is 5.02 Å². The summed E-state index contributed by atoms with van der Waals surface area (Å²) in [6.45, 7) is 2.01. The van der Waals surface area contributed by atoms with Gasteiger partial charge in [0.25, 0.3) is 0 Å². The van der Waals surface area contributed by atoms with Crippen LogP contribution in [0.25, 0.3) is 0 Å². The van der Waals surface area contributed by atoms with Gasteiger partial charge >= 0.3 is 0 Å². The molecule has 0 radical (unpaired) electrons. The average molecular weight is 285 g/mol. The Labute approximate surface area is 125 Å². The molecule has 0 heterocycles. The summed E-state index contributed by atoms with van der Waals surface area (Å²) in [5.74, 6) is 0. The molecule has 0 saturated carbocycles. The molecule has 0 saturated heterocycles. The summed E-state index contributed by atoms with van der Waals surface area (Å²) in [5.41, 5.74) is 1.29. The number of nitriles is 1. The minimum absolute atomic E-state index is 0.633. The molecule has 0 fully saturated rings. The zero-order valence-electron chi connectivity index (χ0n) is 11.4. The fourth-order valence-corrected chi connectivity index (χ4v) is 2.35. The molecule has 2 nitrogen and oxygen atoms in total. The highest BCUT2D eigenvalue weighted by Gasteiger charge is 2.28. The van der Waals surface area contributed by atoms with Gasteiger partial charge in [-0.25, -0.2) is 0 Å². The van der Waals surface area contributed by atoms with Gasteiger partial charge < -0.3 is 5.32 Å². The molecule has 0 amide bonds. The Balaban J connectivity index is 2.27. The van der Waals surface area contributed by atoms with Gasteiger partial charge in [0, 0.05) is 6.42 Å². The smallest absolute Gasteiger partial charge is 0.129 e. The number of nitrogens with zero attached hydrogens (tertiary/aromatic N) is 1. The van der Waals surface area contributed by atoms with E-state index in [0.717, 1.165) is 11.3 Å². The quantitative estimate of drug-likeness (QED) is 0.866. The highest BCUT2D eigenvalue weighted by atomic mass is 35.5. The zero-order chi connectivity index (χ0) is 14.4. The summed E-state index contributed by atoms with van der Waals surface area (Å²) in [6, 6.07) is 20.0. The maximum Gasteiger partial charge on any atom is 0.129 e. The van der Waals surface area contributed by atoms with E-state index in [0.29, 0.717) is 17.9 Å². The third-order valence-corrected chi connectivity index (χ3v) is 3.74. The van der Waals surface area contributed by atoms with Gasteiger partial charge in [0.2, 0.25) is 0 Å². The van der Waals surface area contributed by atoms with Gasteiger partial charge in [-0.3, -0.25) is 0 Å². The predicted molar refractivity (Wildman–Crippen MR) is 83.9 cm³/mol. The molecular weight excluding hydrogens is 268 g/mol. The lowest BCUT2D eigenvalue weighted by atomic mass is 9.89. The van der Waals surface area contributed by atoms with Gasteiger partial charge in [0.1, 0.15) is 5.54 Å². The van der Waals surface area contributed by atoms with Crippen LogP contribution < -0.4 is 5.32 Å². The van der Waals surface area contributed by atoms with E-state index in [9.17, 15) is 5.26 Å². The maximum absolute atomic E-state index is 9.63. The van der Waals surface area contributed by atoms with Gasteiger partial charge in [-0.15, -0.1) is 0 Å². The number of anilines is 1. The molecule has 0 aromatic heterocycles. The van der Waals surface area contributed by atoms with Gasteiger partial charge in [0.05, 0.1) is 16.8 Å². The lowest BCUT2D eigenvalue weighted by Gasteiger charge is -2.28. The normalized spacial score (nSPS) is 13.2. The second-order valence-electron chi connectivity index (χ2n) is 4.81. The van der Waals surface area contributed by atoms with Crippen LogP contribution in [0, 0.1) is 11.3 Å². The number of hydrogen-bond acceptors (Lipinski definition) is 2. The van der Waals surface area contributed by atoms with Crippen LogP contribution in [-0.4, -0.2) is 5.54 Å². The second-order valence-corrected chi connectivity index (χ2v) is 5.22. The third kappa shape index (κ3) is 3.31. The average Bonchev–Trinajstić information content (AvgIpc) is 2.50. The van der Waals surface area contributed by atoms with E-state index in [-0.39, 0.29) is 0 Å². The van der Waals surface area contributed by atoms with Crippen molar-refractivity contribution in [2.24, 2.45) is 0 Å². The molecular formula is C17H17ClN2. The molecule has 2 rings (SSSR count). The largest absolute Gasteiger partial charge is 0.366 e. The van der Waals surface area contributed by atoms with Gasteiger partial charge in [-0.2, -0.15) is 5.26 Å². The van der Waals surface area contributed by atoms with Crippen molar-refractivity contribution in [2.45, 2.75) is 25.3 Å². The Morgan fingerprint density at radius 3 is 2.35 bits per heavy atom. The Morgan fingerprint density at radius 1 is 1.10 bits per heavy atom. The van der Waals surface area contributed by atoms with E-state index in [1.807, 2.05) is 61.5 Å². The van der Waals surface area contributed by atoms with Crippen molar-refractivity contribution < 1.29 is 0 Å². The molecule has 0 aliphatic carbocycles. The van der Waals surface area contributed by atoms with Gasteiger partial charge in [0.15, 0.2) is 0 Å². The Morgan fingerprint density at radius 2 is 1.75 bits per heavy atom. The first-order valence-electron chi connectivity index (χ1n) is 6.67. The van der Waals surface area contributed by atoms with Crippen LogP contribution in [0.1, 0.15) is 18.9 Å². The SMILES string of the molecule is CCC(C#N)(Cc1ccccc1)Nc1ccccc1Cl. The van der Waals surface area contributed by atoms with E-state index in [4.69, 9.17) is 11.6 Å². The van der Waals surface area contributed by atoms with Crippen molar-refractivity contribution in [3.05, 3.63) is 65.2 Å². The number of hydrogen-bond donors (Lipinski definition) is 1. The molecule has 102 valence electrons. The van der Waals surface area contributed by atoms with Crippen molar-refractivity contribution in [2.75, 3.05) is 5.32 Å². The fourth-order valence-electron chi connectivity index (χ4n) is 2.17. The monoisotopic (exact) mass is 284 g/mol. The molecule has 2 aromatic carbocycles.